The molecule has 15 heavy (non-hydrogen) atoms. The van der Waals surface area contributed by atoms with Gasteiger partial charge >= 0.3 is 0 Å². The predicted molar refractivity (Wildman–Crippen MR) is 52.5 cm³/mol. The van der Waals surface area contributed by atoms with Crippen LogP contribution in [0, 0.1) is 15.3 Å². The van der Waals surface area contributed by atoms with Crippen molar-refractivity contribution in [2.24, 2.45) is 5.22 Å². The number of benzene rings is 1. The second-order valence-corrected chi connectivity index (χ2v) is 2.99. The fourth-order valence-electron chi connectivity index (χ4n) is 0.940. The molecule has 0 spiro atoms. The molecule has 0 saturated heterocycles. The van der Waals surface area contributed by atoms with E-state index in [2.05, 4.69) is 5.22 Å². The van der Waals surface area contributed by atoms with Gasteiger partial charge in [0.05, 0.1) is 30.3 Å². The van der Waals surface area contributed by atoms with E-state index in [9.17, 15) is 15.3 Å². The Morgan fingerprint density at radius 3 is 2.40 bits per heavy atom. The lowest BCUT2D eigenvalue weighted by atomic mass is 10.3. The Bertz CT molecular complexity index is 403. The Hall–Kier alpha value is -2.18. The molecule has 1 aromatic carbocycles. The zero-order valence-corrected chi connectivity index (χ0v) is 8.32. The molecule has 0 heterocycles. The highest BCUT2D eigenvalue weighted by molar-refractivity contribution is 5.42. The summed E-state index contributed by atoms with van der Waals surface area (Å²) in [4.78, 5) is 10.2. The van der Waals surface area contributed by atoms with Gasteiger partial charge in [-0.1, -0.05) is 6.07 Å². The third-order valence-corrected chi connectivity index (χ3v) is 1.52. The normalized spacial score (nSPS) is 11.2. The third-order valence-electron chi connectivity index (χ3n) is 1.52. The van der Waals surface area contributed by atoms with Crippen LogP contribution in [0.15, 0.2) is 29.5 Å². The Morgan fingerprint density at radius 1 is 1.27 bits per heavy atom. The summed E-state index contributed by atoms with van der Waals surface area (Å²) in [6.07, 6.45) is 0. The van der Waals surface area contributed by atoms with Crippen LogP contribution in [0.4, 0.5) is 11.4 Å². The van der Waals surface area contributed by atoms with Gasteiger partial charge in [0.2, 0.25) is 0 Å². The summed E-state index contributed by atoms with van der Waals surface area (Å²) >= 11 is 0. The van der Waals surface area contributed by atoms with Gasteiger partial charge in [-0.05, 0) is 6.07 Å². The van der Waals surface area contributed by atoms with Crippen LogP contribution >= 0.6 is 0 Å². The van der Waals surface area contributed by atoms with E-state index in [1.165, 1.54) is 29.3 Å². The van der Waals surface area contributed by atoms with Gasteiger partial charge in [-0.2, -0.15) is 5.01 Å². The maximum absolute atomic E-state index is 11.3. The van der Waals surface area contributed by atoms with Crippen LogP contribution in [0.25, 0.3) is 0 Å². The largest absolute Gasteiger partial charge is 0.691 e. The van der Waals surface area contributed by atoms with E-state index in [4.69, 9.17) is 0 Å². The second-order valence-electron chi connectivity index (χ2n) is 2.99. The van der Waals surface area contributed by atoms with Gasteiger partial charge in [0.15, 0.2) is 5.69 Å². The van der Waals surface area contributed by atoms with Crippen molar-refractivity contribution in [1.29, 1.82) is 0 Å². The number of nitrogens with zero attached hydrogens (tertiary/aromatic N) is 4. The molecule has 7 nitrogen and oxygen atoms in total. The van der Waals surface area contributed by atoms with Gasteiger partial charge in [0, 0.05) is 6.07 Å². The minimum Gasteiger partial charge on any atom is -0.691 e. The van der Waals surface area contributed by atoms with Gasteiger partial charge in [0.25, 0.3) is 5.69 Å². The molecule has 0 N–H and O–H groups in total. The van der Waals surface area contributed by atoms with Crippen LogP contribution in [0.3, 0.4) is 0 Å². The van der Waals surface area contributed by atoms with E-state index >= 15 is 0 Å². The van der Waals surface area contributed by atoms with Crippen molar-refractivity contribution < 1.29 is 9.78 Å². The number of hydrogen-bond acceptors (Lipinski definition) is 4. The summed E-state index contributed by atoms with van der Waals surface area (Å²) in [6, 6.07) is 5.36. The van der Waals surface area contributed by atoms with E-state index in [0.29, 0.717) is 4.86 Å². The minimum atomic E-state index is -0.562. The van der Waals surface area contributed by atoms with Crippen LogP contribution < -0.4 is 0 Å². The first-order chi connectivity index (χ1) is 7.00. The van der Waals surface area contributed by atoms with Gasteiger partial charge in [-0.3, -0.25) is 10.1 Å². The molecule has 0 aromatic heterocycles. The molecule has 80 valence electrons. The first-order valence-corrected chi connectivity index (χ1v) is 4.11. The van der Waals surface area contributed by atoms with Gasteiger partial charge in [0.1, 0.15) is 0 Å². The molecule has 0 fully saturated rings. The lowest BCUT2D eigenvalue weighted by Gasteiger charge is -2.06. The molecule has 0 bridgehead atoms. The fraction of sp³-hybridized carbons (Fsp3) is 0.250. The molecule has 0 radical (unpaired) electrons. The molecule has 7 heteroatoms. The standard InChI is InChI=1S/C8H10N4O3/c1-10(2)9-11(13)7-4-3-5-8(6-7)12(14)15/h3-6H,1-2H3. The lowest BCUT2D eigenvalue weighted by molar-refractivity contribution is -0.460. The average molecular weight is 210 g/mol. The topological polar surface area (TPSA) is 84.8 Å². The van der Waals surface area contributed by atoms with Crippen LogP contribution in [0.1, 0.15) is 0 Å². The fourth-order valence-corrected chi connectivity index (χ4v) is 0.940. The van der Waals surface area contributed by atoms with Crippen molar-refractivity contribution in [3.63, 3.8) is 0 Å². The molecular formula is C8H10N4O3. The summed E-state index contributed by atoms with van der Waals surface area (Å²) in [7, 11) is 3.17. The first-order valence-electron chi connectivity index (χ1n) is 4.11. The highest BCUT2D eigenvalue weighted by Crippen LogP contribution is 2.19. The number of non-ortho nitro benzene ring substituents is 1. The molecule has 0 saturated carbocycles. The van der Waals surface area contributed by atoms with Crippen LogP contribution in [0.5, 0.6) is 0 Å². The predicted octanol–water partition coefficient (Wildman–Crippen LogP) is 1.67. The molecule has 0 amide bonds. The van der Waals surface area contributed by atoms with Crippen LogP contribution in [-0.4, -0.2) is 28.9 Å². The Kier molecular flexibility index (Phi) is 3.17. The van der Waals surface area contributed by atoms with Gasteiger partial charge in [-0.25, -0.2) is 0 Å². The molecule has 1 rings (SSSR count). The number of nitro benzene ring substituents is 1. The summed E-state index contributed by atoms with van der Waals surface area (Å²) in [6.45, 7) is 0. The zero-order chi connectivity index (χ0) is 11.4. The first kappa shape index (κ1) is 10.9. The summed E-state index contributed by atoms with van der Waals surface area (Å²) in [5.41, 5.74) is -0.0137. The summed E-state index contributed by atoms with van der Waals surface area (Å²) in [5, 5.41) is 26.6. The maximum atomic E-state index is 11.3. The van der Waals surface area contributed by atoms with Crippen molar-refractivity contribution in [2.75, 3.05) is 14.1 Å². The molecule has 0 unspecified atom stereocenters. The maximum Gasteiger partial charge on any atom is 0.273 e. The number of nitro groups is 1. The molecular weight excluding hydrogens is 200 g/mol. The lowest BCUT2D eigenvalue weighted by Crippen LogP contribution is -2.06. The average Bonchev–Trinajstić information content (AvgIpc) is 2.17. The SMILES string of the molecule is CN(C)N=[N+]([O-])c1cccc([N+](=O)[O-])c1. The summed E-state index contributed by atoms with van der Waals surface area (Å²) in [5.74, 6) is 0. The zero-order valence-electron chi connectivity index (χ0n) is 8.32. The Labute approximate surface area is 85.9 Å². The van der Waals surface area contributed by atoms with E-state index in [-0.39, 0.29) is 11.4 Å². The number of rotatable bonds is 3. The molecule has 1 aromatic rings. The van der Waals surface area contributed by atoms with Crippen LogP contribution in [0.2, 0.25) is 0 Å². The molecule has 0 atom stereocenters. The van der Waals surface area contributed by atoms with Crippen molar-refractivity contribution in [3.8, 4) is 0 Å². The van der Waals surface area contributed by atoms with E-state index in [1.807, 2.05) is 0 Å². The Balaban J connectivity index is 3.05. The molecule has 0 aliphatic carbocycles. The van der Waals surface area contributed by atoms with Crippen molar-refractivity contribution >= 4 is 11.4 Å². The van der Waals surface area contributed by atoms with E-state index < -0.39 is 4.92 Å². The van der Waals surface area contributed by atoms with Crippen molar-refractivity contribution in [2.45, 2.75) is 0 Å². The Morgan fingerprint density at radius 2 is 1.87 bits per heavy atom. The highest BCUT2D eigenvalue weighted by Gasteiger charge is 2.08. The minimum absolute atomic E-state index is 0.123. The second kappa shape index (κ2) is 4.36. The summed E-state index contributed by atoms with van der Waals surface area (Å²) < 4.78 is 0. The third kappa shape index (κ3) is 2.90. The van der Waals surface area contributed by atoms with E-state index in [0.717, 1.165) is 0 Å². The molecule has 0 aliphatic rings. The van der Waals surface area contributed by atoms with Gasteiger partial charge in [-0.15, -0.1) is 4.86 Å². The number of hydrogen-bond donors (Lipinski definition) is 0. The monoisotopic (exact) mass is 210 g/mol. The van der Waals surface area contributed by atoms with Crippen molar-refractivity contribution in [3.05, 3.63) is 39.6 Å². The quantitative estimate of drug-likeness (QED) is 0.328. The van der Waals surface area contributed by atoms with Crippen molar-refractivity contribution in [1.82, 2.24) is 5.01 Å². The highest BCUT2D eigenvalue weighted by atomic mass is 16.6. The van der Waals surface area contributed by atoms with Gasteiger partial charge < -0.3 is 5.21 Å². The smallest absolute Gasteiger partial charge is 0.273 e. The van der Waals surface area contributed by atoms with E-state index in [1.54, 1.807) is 14.1 Å². The molecule has 0 aliphatic heterocycles. The van der Waals surface area contributed by atoms with Crippen LogP contribution in [-0.2, 0) is 0 Å².